The Morgan fingerprint density at radius 3 is 2.77 bits per heavy atom. The highest BCUT2D eigenvalue weighted by molar-refractivity contribution is 6.06. The maximum Gasteiger partial charge on any atom is 0.433 e. The van der Waals surface area contributed by atoms with E-state index in [1.165, 1.54) is 12.1 Å². The summed E-state index contributed by atoms with van der Waals surface area (Å²) in [5, 5.41) is 2.63. The highest BCUT2D eigenvalue weighted by Crippen LogP contribution is 2.33. The van der Waals surface area contributed by atoms with E-state index in [-0.39, 0.29) is 18.1 Å². The van der Waals surface area contributed by atoms with E-state index in [2.05, 4.69) is 20.3 Å². The Balaban J connectivity index is 1.54. The molecule has 10 heteroatoms. The molecule has 2 aromatic heterocycles. The molecule has 1 aromatic carbocycles. The van der Waals surface area contributed by atoms with Gasteiger partial charge in [-0.3, -0.25) is 4.79 Å². The van der Waals surface area contributed by atoms with Gasteiger partial charge in [-0.1, -0.05) is 6.07 Å². The molecular formula is C20H17F3N4O3. The lowest BCUT2D eigenvalue weighted by Gasteiger charge is -2.11. The van der Waals surface area contributed by atoms with Gasteiger partial charge in [0.2, 0.25) is 11.8 Å². The SMILES string of the molecule is O=C(/C=C/c1ccc(C(F)(F)F)nc1OCC1CC1)Nc1cccc2[nH]c(=O)[nH]c12. The molecule has 3 aromatic rings. The molecule has 156 valence electrons. The number of imidazole rings is 1. The molecular weight excluding hydrogens is 401 g/mol. The molecule has 0 atom stereocenters. The van der Waals surface area contributed by atoms with Crippen LogP contribution < -0.4 is 15.7 Å². The number of hydrogen-bond donors (Lipinski definition) is 3. The lowest BCUT2D eigenvalue weighted by atomic mass is 10.2. The third kappa shape index (κ3) is 4.53. The van der Waals surface area contributed by atoms with Gasteiger partial charge in [-0.15, -0.1) is 0 Å². The van der Waals surface area contributed by atoms with Gasteiger partial charge in [0.1, 0.15) is 5.69 Å². The molecule has 1 amide bonds. The van der Waals surface area contributed by atoms with Crippen LogP contribution in [0, 0.1) is 5.92 Å². The number of fused-ring (bicyclic) bond motifs is 1. The molecule has 7 nitrogen and oxygen atoms in total. The Labute approximate surface area is 168 Å². The smallest absolute Gasteiger partial charge is 0.433 e. The number of H-pyrrole nitrogens is 2. The normalized spacial score (nSPS) is 14.4. The zero-order valence-electron chi connectivity index (χ0n) is 15.5. The number of pyridine rings is 1. The van der Waals surface area contributed by atoms with Crippen molar-refractivity contribution in [2.24, 2.45) is 5.92 Å². The van der Waals surface area contributed by atoms with E-state index in [4.69, 9.17) is 4.74 Å². The van der Waals surface area contributed by atoms with Crippen LogP contribution in [-0.4, -0.2) is 27.5 Å². The van der Waals surface area contributed by atoms with Crippen molar-refractivity contribution in [1.82, 2.24) is 15.0 Å². The lowest BCUT2D eigenvalue weighted by Crippen LogP contribution is -2.11. The van der Waals surface area contributed by atoms with E-state index in [9.17, 15) is 22.8 Å². The largest absolute Gasteiger partial charge is 0.477 e. The monoisotopic (exact) mass is 418 g/mol. The van der Waals surface area contributed by atoms with Crippen molar-refractivity contribution in [3.63, 3.8) is 0 Å². The minimum atomic E-state index is -4.59. The average Bonchev–Trinajstić information content (AvgIpc) is 3.43. The van der Waals surface area contributed by atoms with Crippen molar-refractivity contribution in [3.8, 4) is 5.88 Å². The topological polar surface area (TPSA) is 99.9 Å². The first kappa shape index (κ1) is 19.7. The van der Waals surface area contributed by atoms with Crippen LogP contribution in [0.25, 0.3) is 17.1 Å². The predicted molar refractivity (Wildman–Crippen MR) is 104 cm³/mol. The lowest BCUT2D eigenvalue weighted by molar-refractivity contribution is -0.141. The third-order valence-corrected chi connectivity index (χ3v) is 4.56. The molecule has 4 rings (SSSR count). The Morgan fingerprint density at radius 2 is 2.03 bits per heavy atom. The van der Waals surface area contributed by atoms with Crippen molar-refractivity contribution in [1.29, 1.82) is 0 Å². The van der Waals surface area contributed by atoms with Gasteiger partial charge in [0.05, 0.1) is 23.3 Å². The van der Waals surface area contributed by atoms with Crippen molar-refractivity contribution < 1.29 is 22.7 Å². The number of anilines is 1. The second-order valence-corrected chi connectivity index (χ2v) is 6.97. The average molecular weight is 418 g/mol. The van der Waals surface area contributed by atoms with Crippen LogP contribution in [0.2, 0.25) is 0 Å². The van der Waals surface area contributed by atoms with E-state index in [1.807, 2.05) is 0 Å². The number of benzene rings is 1. The maximum atomic E-state index is 13.0. The quantitative estimate of drug-likeness (QED) is 0.532. The molecule has 0 radical (unpaired) electrons. The minimum Gasteiger partial charge on any atom is -0.477 e. The van der Waals surface area contributed by atoms with Crippen LogP contribution in [0.1, 0.15) is 24.1 Å². The van der Waals surface area contributed by atoms with Crippen molar-refractivity contribution in [3.05, 3.63) is 58.1 Å². The Hall–Kier alpha value is -3.56. The molecule has 0 spiro atoms. The van der Waals surface area contributed by atoms with Crippen LogP contribution in [0.15, 0.2) is 41.2 Å². The summed E-state index contributed by atoms with van der Waals surface area (Å²) in [6.45, 7) is 0.282. The zero-order chi connectivity index (χ0) is 21.3. The van der Waals surface area contributed by atoms with E-state index < -0.39 is 23.5 Å². The number of amides is 1. The van der Waals surface area contributed by atoms with E-state index in [0.717, 1.165) is 25.0 Å². The van der Waals surface area contributed by atoms with Gasteiger partial charge in [0, 0.05) is 11.6 Å². The number of carbonyl (C=O) groups excluding carboxylic acids is 1. The Kier molecular flexibility index (Phi) is 5.06. The number of carbonyl (C=O) groups is 1. The number of aromatic amines is 2. The number of hydrogen-bond acceptors (Lipinski definition) is 4. The predicted octanol–water partition coefficient (Wildman–Crippen LogP) is 3.71. The Bertz CT molecular complexity index is 1180. The van der Waals surface area contributed by atoms with Crippen LogP contribution >= 0.6 is 0 Å². The molecule has 0 aliphatic heterocycles. The van der Waals surface area contributed by atoms with Crippen LogP contribution in [0.3, 0.4) is 0 Å². The zero-order valence-corrected chi connectivity index (χ0v) is 15.5. The second-order valence-electron chi connectivity index (χ2n) is 6.97. The summed E-state index contributed by atoms with van der Waals surface area (Å²) in [5.41, 5.74) is 0.148. The molecule has 0 bridgehead atoms. The van der Waals surface area contributed by atoms with Gasteiger partial charge in [-0.2, -0.15) is 13.2 Å². The standard InChI is InChI=1S/C20H17F3N4O3/c21-20(22,23)15-8-6-12(18(26-15)30-10-11-4-5-11)7-9-16(28)24-13-2-1-3-14-17(13)27-19(29)25-14/h1-3,6-9,11H,4-5,10H2,(H,24,28)(H2,25,27,29)/b9-7+. The maximum absolute atomic E-state index is 13.0. The number of para-hydroxylation sites is 1. The van der Waals surface area contributed by atoms with Gasteiger partial charge in [-0.05, 0) is 49.1 Å². The van der Waals surface area contributed by atoms with Gasteiger partial charge < -0.3 is 20.0 Å². The summed E-state index contributed by atoms with van der Waals surface area (Å²) in [4.78, 5) is 32.5. The number of alkyl halides is 3. The molecule has 0 saturated heterocycles. The van der Waals surface area contributed by atoms with Crippen molar-refractivity contribution in [2.45, 2.75) is 19.0 Å². The number of aromatic nitrogens is 3. The first-order chi connectivity index (χ1) is 14.3. The molecule has 0 unspecified atom stereocenters. The summed E-state index contributed by atoms with van der Waals surface area (Å²) in [5.74, 6) is -0.374. The molecule has 1 fully saturated rings. The fourth-order valence-electron chi connectivity index (χ4n) is 2.84. The number of rotatable bonds is 6. The fraction of sp³-hybridized carbons (Fsp3) is 0.250. The van der Waals surface area contributed by atoms with Gasteiger partial charge in [0.15, 0.2) is 0 Å². The highest BCUT2D eigenvalue weighted by Gasteiger charge is 2.33. The van der Waals surface area contributed by atoms with E-state index in [0.29, 0.717) is 22.6 Å². The third-order valence-electron chi connectivity index (χ3n) is 4.56. The van der Waals surface area contributed by atoms with Gasteiger partial charge in [0.25, 0.3) is 0 Å². The van der Waals surface area contributed by atoms with Gasteiger partial charge >= 0.3 is 11.9 Å². The highest BCUT2D eigenvalue weighted by atomic mass is 19.4. The first-order valence-corrected chi connectivity index (χ1v) is 9.21. The molecule has 1 aliphatic carbocycles. The fourth-order valence-corrected chi connectivity index (χ4v) is 2.84. The summed E-state index contributed by atoms with van der Waals surface area (Å²) in [6.07, 6.45) is -0.148. The molecule has 1 aliphatic rings. The van der Waals surface area contributed by atoms with Crippen LogP contribution in [-0.2, 0) is 11.0 Å². The summed E-state index contributed by atoms with van der Waals surface area (Å²) < 4.78 is 44.4. The number of nitrogens with one attached hydrogen (secondary N) is 3. The van der Waals surface area contributed by atoms with Crippen LogP contribution in [0.5, 0.6) is 5.88 Å². The minimum absolute atomic E-state index is 0.169. The second kappa shape index (κ2) is 7.69. The summed E-state index contributed by atoms with van der Waals surface area (Å²) in [7, 11) is 0. The van der Waals surface area contributed by atoms with Crippen molar-refractivity contribution in [2.75, 3.05) is 11.9 Å². The molecule has 30 heavy (non-hydrogen) atoms. The van der Waals surface area contributed by atoms with Crippen molar-refractivity contribution >= 4 is 28.7 Å². The molecule has 2 heterocycles. The summed E-state index contributed by atoms with van der Waals surface area (Å²) >= 11 is 0. The van der Waals surface area contributed by atoms with Gasteiger partial charge in [-0.25, -0.2) is 9.78 Å². The molecule has 1 saturated carbocycles. The first-order valence-electron chi connectivity index (χ1n) is 9.21. The summed E-state index contributed by atoms with van der Waals surface area (Å²) in [6, 6.07) is 7.01. The molecule has 3 N–H and O–H groups in total. The number of halogens is 3. The van der Waals surface area contributed by atoms with E-state index in [1.54, 1.807) is 18.2 Å². The number of ether oxygens (including phenoxy) is 1. The Morgan fingerprint density at radius 1 is 1.23 bits per heavy atom. The van der Waals surface area contributed by atoms with E-state index >= 15 is 0 Å². The number of nitrogens with zero attached hydrogens (tertiary/aromatic N) is 1. The van der Waals surface area contributed by atoms with Crippen LogP contribution in [0.4, 0.5) is 18.9 Å².